The topological polar surface area (TPSA) is 48.0 Å². The normalized spacial score (nSPS) is 12.1. The first-order valence-electron chi connectivity index (χ1n) is 7.06. The summed E-state index contributed by atoms with van der Waals surface area (Å²) in [5, 5.41) is 0. The molecule has 0 bridgehead atoms. The maximum Gasteiger partial charge on any atom is 0.254 e. The van der Waals surface area contributed by atoms with Crippen molar-refractivity contribution < 1.29 is 23.4 Å². The predicted octanol–water partition coefficient (Wildman–Crippen LogP) is 2.84. The second-order valence-electron chi connectivity index (χ2n) is 5.20. The van der Waals surface area contributed by atoms with Crippen LogP contribution in [0.15, 0.2) is 36.4 Å². The molecule has 0 aliphatic carbocycles. The Morgan fingerprint density at radius 2 is 2.00 bits per heavy atom. The highest BCUT2D eigenvalue weighted by Crippen LogP contribution is 2.32. The van der Waals surface area contributed by atoms with Gasteiger partial charge in [-0.2, -0.15) is 0 Å². The molecule has 2 aromatic carbocycles. The molecule has 0 atom stereocenters. The van der Waals surface area contributed by atoms with Crippen LogP contribution in [-0.2, 0) is 6.54 Å². The molecule has 0 saturated heterocycles. The lowest BCUT2D eigenvalue weighted by Crippen LogP contribution is -2.26. The van der Waals surface area contributed by atoms with Crippen molar-refractivity contribution in [2.45, 2.75) is 6.54 Å². The van der Waals surface area contributed by atoms with Crippen LogP contribution in [-0.4, -0.2) is 31.8 Å². The molecular weight excluding hydrogens is 301 g/mol. The lowest BCUT2D eigenvalue weighted by molar-refractivity contribution is 0.0784. The summed E-state index contributed by atoms with van der Waals surface area (Å²) in [5.41, 5.74) is 1.17. The fraction of sp³-hybridized carbons (Fsp3) is 0.235. The van der Waals surface area contributed by atoms with E-state index in [1.165, 1.54) is 18.1 Å². The zero-order valence-electron chi connectivity index (χ0n) is 12.8. The Morgan fingerprint density at radius 3 is 2.74 bits per heavy atom. The molecule has 0 spiro atoms. The highest BCUT2D eigenvalue weighted by atomic mass is 19.1. The molecule has 0 fully saturated rings. The SMILES string of the molecule is COc1ccc(CN(C)C(=O)c2ccc3c(c2)OCO3)cc1F. The third kappa shape index (κ3) is 3.06. The van der Waals surface area contributed by atoms with Crippen molar-refractivity contribution in [1.82, 2.24) is 4.90 Å². The first kappa shape index (κ1) is 15.1. The molecule has 0 N–H and O–H groups in total. The first-order valence-corrected chi connectivity index (χ1v) is 7.06. The minimum Gasteiger partial charge on any atom is -0.494 e. The maximum absolute atomic E-state index is 13.7. The van der Waals surface area contributed by atoms with Gasteiger partial charge in [-0.05, 0) is 35.9 Å². The molecule has 120 valence electrons. The lowest BCUT2D eigenvalue weighted by atomic mass is 10.1. The van der Waals surface area contributed by atoms with E-state index in [-0.39, 0.29) is 25.0 Å². The molecule has 2 aromatic rings. The summed E-state index contributed by atoms with van der Waals surface area (Å²) in [5.74, 6) is 0.730. The smallest absolute Gasteiger partial charge is 0.254 e. The van der Waals surface area contributed by atoms with E-state index in [2.05, 4.69) is 0 Å². The number of ether oxygens (including phenoxy) is 3. The molecular formula is C17H16FNO4. The van der Waals surface area contributed by atoms with Crippen molar-refractivity contribution in [1.29, 1.82) is 0 Å². The van der Waals surface area contributed by atoms with Crippen LogP contribution >= 0.6 is 0 Å². The van der Waals surface area contributed by atoms with Gasteiger partial charge in [0.15, 0.2) is 23.1 Å². The van der Waals surface area contributed by atoms with Gasteiger partial charge in [-0.15, -0.1) is 0 Å². The molecule has 0 aromatic heterocycles. The highest BCUT2D eigenvalue weighted by Gasteiger charge is 2.18. The Labute approximate surface area is 133 Å². The number of fused-ring (bicyclic) bond motifs is 1. The van der Waals surface area contributed by atoms with Gasteiger partial charge < -0.3 is 19.1 Å². The summed E-state index contributed by atoms with van der Waals surface area (Å²) >= 11 is 0. The Bertz CT molecular complexity index is 747. The second kappa shape index (κ2) is 6.16. The van der Waals surface area contributed by atoms with E-state index in [1.54, 1.807) is 37.4 Å². The van der Waals surface area contributed by atoms with Crippen LogP contribution < -0.4 is 14.2 Å². The van der Waals surface area contributed by atoms with E-state index in [1.807, 2.05) is 0 Å². The number of rotatable bonds is 4. The first-order chi connectivity index (χ1) is 11.1. The van der Waals surface area contributed by atoms with E-state index in [9.17, 15) is 9.18 Å². The third-order valence-corrected chi connectivity index (χ3v) is 3.60. The van der Waals surface area contributed by atoms with Crippen molar-refractivity contribution in [2.24, 2.45) is 0 Å². The fourth-order valence-electron chi connectivity index (χ4n) is 2.40. The average Bonchev–Trinajstić information content (AvgIpc) is 3.01. The Hall–Kier alpha value is -2.76. The van der Waals surface area contributed by atoms with Crippen molar-refractivity contribution in [2.75, 3.05) is 21.0 Å². The second-order valence-corrected chi connectivity index (χ2v) is 5.20. The molecule has 5 nitrogen and oxygen atoms in total. The van der Waals surface area contributed by atoms with Crippen LogP contribution in [0.3, 0.4) is 0 Å². The predicted molar refractivity (Wildman–Crippen MR) is 81.3 cm³/mol. The van der Waals surface area contributed by atoms with E-state index < -0.39 is 5.82 Å². The van der Waals surface area contributed by atoms with Crippen LogP contribution in [0.2, 0.25) is 0 Å². The minimum atomic E-state index is -0.450. The summed E-state index contributed by atoms with van der Waals surface area (Å²) < 4.78 is 29.1. The quantitative estimate of drug-likeness (QED) is 0.870. The van der Waals surface area contributed by atoms with Gasteiger partial charge in [0.25, 0.3) is 5.91 Å². The molecule has 1 heterocycles. The number of hydrogen-bond acceptors (Lipinski definition) is 4. The molecule has 23 heavy (non-hydrogen) atoms. The average molecular weight is 317 g/mol. The van der Waals surface area contributed by atoms with E-state index in [0.29, 0.717) is 22.6 Å². The molecule has 6 heteroatoms. The number of amides is 1. The summed E-state index contributed by atoms with van der Waals surface area (Å²) in [6.07, 6.45) is 0. The van der Waals surface area contributed by atoms with Gasteiger partial charge >= 0.3 is 0 Å². The van der Waals surface area contributed by atoms with E-state index >= 15 is 0 Å². The van der Waals surface area contributed by atoms with Crippen LogP contribution in [0.4, 0.5) is 4.39 Å². The van der Waals surface area contributed by atoms with Gasteiger partial charge in [0.05, 0.1) is 7.11 Å². The van der Waals surface area contributed by atoms with E-state index in [4.69, 9.17) is 14.2 Å². The van der Waals surface area contributed by atoms with Crippen LogP contribution in [0, 0.1) is 5.82 Å². The molecule has 1 aliphatic rings. The summed E-state index contributed by atoms with van der Waals surface area (Å²) in [6, 6.07) is 9.67. The number of halogens is 1. The van der Waals surface area contributed by atoms with Gasteiger partial charge in [-0.3, -0.25) is 4.79 Å². The zero-order chi connectivity index (χ0) is 16.4. The molecule has 0 unspecified atom stereocenters. The minimum absolute atomic E-state index is 0.161. The number of methoxy groups -OCH3 is 1. The van der Waals surface area contributed by atoms with Crippen molar-refractivity contribution >= 4 is 5.91 Å². The van der Waals surface area contributed by atoms with E-state index in [0.717, 1.165) is 0 Å². The number of nitrogens with zero attached hydrogens (tertiary/aromatic N) is 1. The van der Waals surface area contributed by atoms with Gasteiger partial charge in [-0.1, -0.05) is 6.07 Å². The van der Waals surface area contributed by atoms with Crippen molar-refractivity contribution in [3.63, 3.8) is 0 Å². The van der Waals surface area contributed by atoms with Gasteiger partial charge in [0.1, 0.15) is 0 Å². The summed E-state index contributed by atoms with van der Waals surface area (Å²) in [7, 11) is 3.07. The molecule has 0 saturated carbocycles. The number of hydrogen-bond donors (Lipinski definition) is 0. The zero-order valence-corrected chi connectivity index (χ0v) is 12.8. The summed E-state index contributed by atoms with van der Waals surface area (Å²) in [4.78, 5) is 14.0. The Balaban J connectivity index is 1.73. The Morgan fingerprint density at radius 1 is 1.22 bits per heavy atom. The maximum atomic E-state index is 13.7. The molecule has 3 rings (SSSR count). The number of carbonyl (C=O) groups is 1. The molecule has 1 aliphatic heterocycles. The van der Waals surface area contributed by atoms with Gasteiger partial charge in [0, 0.05) is 19.2 Å². The lowest BCUT2D eigenvalue weighted by Gasteiger charge is -2.18. The van der Waals surface area contributed by atoms with Crippen LogP contribution in [0.25, 0.3) is 0 Å². The number of carbonyl (C=O) groups excluding carboxylic acids is 1. The van der Waals surface area contributed by atoms with Crippen molar-refractivity contribution in [3.05, 3.63) is 53.3 Å². The molecule has 0 radical (unpaired) electrons. The van der Waals surface area contributed by atoms with Gasteiger partial charge in [0.2, 0.25) is 6.79 Å². The monoisotopic (exact) mass is 317 g/mol. The van der Waals surface area contributed by atoms with Crippen LogP contribution in [0.5, 0.6) is 17.2 Å². The largest absolute Gasteiger partial charge is 0.494 e. The fourth-order valence-corrected chi connectivity index (χ4v) is 2.40. The van der Waals surface area contributed by atoms with Crippen molar-refractivity contribution in [3.8, 4) is 17.2 Å². The highest BCUT2D eigenvalue weighted by molar-refractivity contribution is 5.94. The standard InChI is InChI=1S/C17H16FNO4/c1-19(9-11-3-5-14(21-2)13(18)7-11)17(20)12-4-6-15-16(8-12)23-10-22-15/h3-8H,9-10H2,1-2H3. The Kier molecular flexibility index (Phi) is 4.06. The third-order valence-electron chi connectivity index (χ3n) is 3.60. The van der Waals surface area contributed by atoms with Gasteiger partial charge in [-0.25, -0.2) is 4.39 Å². The number of benzene rings is 2. The summed E-state index contributed by atoms with van der Waals surface area (Å²) in [6.45, 7) is 0.447. The van der Waals surface area contributed by atoms with Crippen LogP contribution in [0.1, 0.15) is 15.9 Å². The molecule has 1 amide bonds.